The zero-order valence-corrected chi connectivity index (χ0v) is 20.1. The molecule has 6 aliphatic rings. The average Bonchev–Trinajstić information content (AvgIpc) is 3.09. The molecular weight excluding hydrogens is 426 g/mol. The Morgan fingerprint density at radius 2 is 1.59 bits per heavy atom. The first-order chi connectivity index (χ1) is 16.5. The summed E-state index contributed by atoms with van der Waals surface area (Å²) in [6, 6.07) is 8.95. The summed E-state index contributed by atoms with van der Waals surface area (Å²) >= 11 is 0. The number of aromatic nitrogens is 2. The summed E-state index contributed by atoms with van der Waals surface area (Å²) in [5.74, 6) is 2.23. The monoisotopic (exact) mass is 461 g/mol. The predicted molar refractivity (Wildman–Crippen MR) is 130 cm³/mol. The molecule has 34 heavy (non-hydrogen) atoms. The zero-order chi connectivity index (χ0) is 23.0. The van der Waals surface area contributed by atoms with Crippen LogP contribution in [0.4, 0.5) is 0 Å². The van der Waals surface area contributed by atoms with Gasteiger partial charge in [-0.25, -0.2) is 9.78 Å². The molecule has 0 spiro atoms. The van der Waals surface area contributed by atoms with Gasteiger partial charge in [0.15, 0.2) is 0 Å². The van der Waals surface area contributed by atoms with E-state index in [9.17, 15) is 9.59 Å². The van der Waals surface area contributed by atoms with Crippen molar-refractivity contribution in [2.75, 3.05) is 6.61 Å². The molecule has 1 aromatic heterocycles. The van der Waals surface area contributed by atoms with E-state index in [1.54, 1.807) is 6.92 Å². The predicted octanol–water partition coefficient (Wildman–Crippen LogP) is 4.71. The molecule has 4 aliphatic carbocycles. The molecular formula is C28H35N3O3. The first-order valence-electron chi connectivity index (χ1n) is 13.5. The van der Waals surface area contributed by atoms with Gasteiger partial charge in [0.1, 0.15) is 0 Å². The number of rotatable bonds is 4. The maximum atomic E-state index is 13.6. The number of carbonyl (C=O) groups excluding carboxylic acids is 1. The molecule has 3 atom stereocenters. The normalized spacial score (nSPS) is 38.5. The molecule has 6 bridgehead atoms. The SMILES string of the molecule is CCOC(=O)c1nc2ccccc2n([C@@H]2C[C@H]3CC[C@@H](C2)N3C23CC4CC(CC(C4)C2)C3)c1=O. The number of nitrogens with zero attached hydrogens (tertiary/aromatic N) is 3. The minimum Gasteiger partial charge on any atom is -0.461 e. The summed E-state index contributed by atoms with van der Waals surface area (Å²) in [7, 11) is 0. The number of ether oxygens (including phenoxy) is 1. The Kier molecular flexibility index (Phi) is 4.74. The highest BCUT2D eigenvalue weighted by molar-refractivity contribution is 5.89. The number of para-hydroxylation sites is 2. The molecule has 2 aromatic rings. The summed E-state index contributed by atoms with van der Waals surface area (Å²) in [4.78, 5) is 33.6. The highest BCUT2D eigenvalue weighted by Gasteiger charge is 2.58. The Labute approximate surface area is 200 Å². The van der Waals surface area contributed by atoms with E-state index in [4.69, 9.17) is 4.74 Å². The lowest BCUT2D eigenvalue weighted by molar-refractivity contribution is -0.121. The van der Waals surface area contributed by atoms with Gasteiger partial charge >= 0.3 is 5.97 Å². The van der Waals surface area contributed by atoms with E-state index in [0.29, 0.717) is 23.1 Å². The van der Waals surface area contributed by atoms with Crippen molar-refractivity contribution in [1.82, 2.24) is 14.5 Å². The van der Waals surface area contributed by atoms with Crippen LogP contribution in [0.25, 0.3) is 11.0 Å². The minimum atomic E-state index is -0.610. The van der Waals surface area contributed by atoms with Gasteiger partial charge < -0.3 is 9.30 Å². The van der Waals surface area contributed by atoms with Crippen LogP contribution in [0.15, 0.2) is 29.1 Å². The summed E-state index contributed by atoms with van der Waals surface area (Å²) in [6.07, 6.45) is 13.1. The van der Waals surface area contributed by atoms with Crippen LogP contribution in [0.2, 0.25) is 0 Å². The van der Waals surface area contributed by atoms with E-state index < -0.39 is 5.97 Å². The lowest BCUT2D eigenvalue weighted by Gasteiger charge is -2.63. The fourth-order valence-electron chi connectivity index (χ4n) is 9.36. The van der Waals surface area contributed by atoms with Crippen LogP contribution in [-0.4, -0.2) is 44.6 Å². The molecule has 6 nitrogen and oxygen atoms in total. The molecule has 6 fully saturated rings. The van der Waals surface area contributed by atoms with Crippen molar-refractivity contribution in [2.45, 2.75) is 94.8 Å². The highest BCUT2D eigenvalue weighted by Crippen LogP contribution is 2.61. The number of carbonyl (C=O) groups is 1. The smallest absolute Gasteiger partial charge is 0.362 e. The molecule has 4 saturated carbocycles. The van der Waals surface area contributed by atoms with E-state index in [-0.39, 0.29) is 23.9 Å². The second kappa shape index (κ2) is 7.64. The van der Waals surface area contributed by atoms with E-state index in [1.165, 1.54) is 51.4 Å². The molecule has 1 aromatic carbocycles. The van der Waals surface area contributed by atoms with Gasteiger partial charge in [-0.1, -0.05) is 12.1 Å². The van der Waals surface area contributed by atoms with Gasteiger partial charge in [0.25, 0.3) is 5.56 Å². The van der Waals surface area contributed by atoms with Crippen LogP contribution < -0.4 is 5.56 Å². The third-order valence-corrected chi connectivity index (χ3v) is 9.89. The molecule has 8 rings (SSSR count). The van der Waals surface area contributed by atoms with Crippen molar-refractivity contribution >= 4 is 17.0 Å². The lowest BCUT2D eigenvalue weighted by atomic mass is 9.52. The number of hydrogen-bond donors (Lipinski definition) is 0. The standard InChI is InChI=1S/C28H35N3O3/c1-2-34-27(33)25-26(32)30(24-6-4-3-5-23(24)29-25)22-12-20-7-8-21(13-22)31(20)28-14-17-9-18(15-28)11-19(10-17)16-28/h3-6,17-22H,2,7-16H2,1H3/t17?,18?,19?,20-,21+,22-,28?. The molecule has 0 N–H and O–H groups in total. The van der Waals surface area contributed by atoms with Gasteiger partial charge in [0, 0.05) is 23.7 Å². The van der Waals surface area contributed by atoms with Crippen LogP contribution in [0.5, 0.6) is 0 Å². The molecule has 0 unspecified atom stereocenters. The molecule has 3 heterocycles. The maximum absolute atomic E-state index is 13.6. The van der Waals surface area contributed by atoms with Gasteiger partial charge in [0.2, 0.25) is 5.69 Å². The van der Waals surface area contributed by atoms with Crippen molar-refractivity contribution in [1.29, 1.82) is 0 Å². The molecule has 0 radical (unpaired) electrons. The third-order valence-electron chi connectivity index (χ3n) is 9.89. The highest BCUT2D eigenvalue weighted by atomic mass is 16.5. The number of fused-ring (bicyclic) bond motifs is 3. The fraction of sp³-hybridized carbons (Fsp3) is 0.679. The molecule has 2 aliphatic heterocycles. The van der Waals surface area contributed by atoms with E-state index >= 15 is 0 Å². The van der Waals surface area contributed by atoms with E-state index in [0.717, 1.165) is 36.1 Å². The van der Waals surface area contributed by atoms with Crippen LogP contribution in [-0.2, 0) is 4.74 Å². The van der Waals surface area contributed by atoms with Gasteiger partial charge in [0.05, 0.1) is 17.6 Å². The summed E-state index contributed by atoms with van der Waals surface area (Å²) in [5, 5.41) is 0. The second-order valence-corrected chi connectivity index (χ2v) is 11.9. The van der Waals surface area contributed by atoms with Crippen molar-refractivity contribution in [3.8, 4) is 0 Å². The Hall–Kier alpha value is -2.21. The van der Waals surface area contributed by atoms with Crippen LogP contribution >= 0.6 is 0 Å². The Balaban J connectivity index is 1.25. The Morgan fingerprint density at radius 3 is 2.21 bits per heavy atom. The maximum Gasteiger partial charge on any atom is 0.362 e. The van der Waals surface area contributed by atoms with Crippen molar-refractivity contribution in [3.05, 3.63) is 40.3 Å². The number of hydrogen-bond acceptors (Lipinski definition) is 5. The lowest BCUT2D eigenvalue weighted by Crippen LogP contribution is -2.64. The van der Waals surface area contributed by atoms with Crippen LogP contribution in [0.1, 0.15) is 87.7 Å². The number of esters is 1. The van der Waals surface area contributed by atoms with Gasteiger partial charge in [-0.15, -0.1) is 0 Å². The Bertz CT molecular complexity index is 1150. The second-order valence-electron chi connectivity index (χ2n) is 11.9. The third kappa shape index (κ3) is 3.06. The van der Waals surface area contributed by atoms with Gasteiger partial charge in [-0.3, -0.25) is 9.69 Å². The zero-order valence-electron chi connectivity index (χ0n) is 20.1. The fourth-order valence-corrected chi connectivity index (χ4v) is 9.36. The van der Waals surface area contributed by atoms with Crippen molar-refractivity contribution in [3.63, 3.8) is 0 Å². The van der Waals surface area contributed by atoms with Crippen molar-refractivity contribution < 1.29 is 9.53 Å². The summed E-state index contributed by atoms with van der Waals surface area (Å²) < 4.78 is 7.09. The number of piperidine rings is 1. The summed E-state index contributed by atoms with van der Waals surface area (Å²) in [5.41, 5.74) is 1.60. The molecule has 6 heteroatoms. The quantitative estimate of drug-likeness (QED) is 0.617. The molecule has 2 saturated heterocycles. The molecule has 0 amide bonds. The first-order valence-corrected chi connectivity index (χ1v) is 13.5. The summed E-state index contributed by atoms with van der Waals surface area (Å²) in [6.45, 7) is 2.00. The number of benzene rings is 1. The minimum absolute atomic E-state index is 0.0728. The first kappa shape index (κ1) is 21.1. The van der Waals surface area contributed by atoms with E-state index in [2.05, 4.69) is 9.88 Å². The van der Waals surface area contributed by atoms with Gasteiger partial charge in [-0.05, 0) is 101 Å². The topological polar surface area (TPSA) is 64.4 Å². The van der Waals surface area contributed by atoms with Crippen LogP contribution in [0.3, 0.4) is 0 Å². The van der Waals surface area contributed by atoms with Crippen LogP contribution in [0, 0.1) is 17.8 Å². The Morgan fingerprint density at radius 1 is 0.971 bits per heavy atom. The largest absolute Gasteiger partial charge is 0.461 e. The average molecular weight is 462 g/mol. The molecule has 180 valence electrons. The van der Waals surface area contributed by atoms with E-state index in [1.807, 2.05) is 28.8 Å². The van der Waals surface area contributed by atoms with Gasteiger partial charge in [-0.2, -0.15) is 0 Å². The van der Waals surface area contributed by atoms with Crippen molar-refractivity contribution in [2.24, 2.45) is 17.8 Å².